The molecule has 0 unspecified atom stereocenters. The lowest BCUT2D eigenvalue weighted by atomic mass is 9.93. The number of likely N-dealkylation sites (tertiary alicyclic amines) is 1. The summed E-state index contributed by atoms with van der Waals surface area (Å²) in [6.45, 7) is 2.43. The highest BCUT2D eigenvalue weighted by Gasteiger charge is 2.26. The van der Waals surface area contributed by atoms with E-state index in [9.17, 15) is 18.3 Å². The van der Waals surface area contributed by atoms with Crippen molar-refractivity contribution in [3.63, 3.8) is 0 Å². The molecule has 0 bridgehead atoms. The van der Waals surface area contributed by atoms with Gasteiger partial charge in [-0.2, -0.15) is 0 Å². The number of nitrogens with zero attached hydrogens (tertiary/aromatic N) is 1. The molecule has 0 aliphatic carbocycles. The van der Waals surface area contributed by atoms with Gasteiger partial charge in [0, 0.05) is 19.3 Å². The molecule has 0 aromatic heterocycles. The monoisotopic (exact) mass is 359 g/mol. The lowest BCUT2D eigenvalue weighted by Crippen LogP contribution is -2.20. The molecular weight excluding hydrogens is 338 g/mol. The van der Waals surface area contributed by atoms with Crippen LogP contribution in [0.1, 0.15) is 33.8 Å². The average molecular weight is 359 g/mol. The Balaban J connectivity index is 1.69. The van der Waals surface area contributed by atoms with E-state index in [1.165, 1.54) is 6.26 Å². The molecule has 25 heavy (non-hydrogen) atoms. The molecule has 0 radical (unpaired) electrons. The Morgan fingerprint density at radius 2 is 1.84 bits per heavy atom. The minimum absolute atomic E-state index is 0.211. The quantitative estimate of drug-likeness (QED) is 0.888. The van der Waals surface area contributed by atoms with Crippen LogP contribution in [0.3, 0.4) is 0 Å². The predicted octanol–water partition coefficient (Wildman–Crippen LogP) is 2.78. The molecule has 6 heteroatoms. The molecule has 1 atom stereocenters. The van der Waals surface area contributed by atoms with Gasteiger partial charge in [0.15, 0.2) is 9.84 Å². The Hall–Kier alpha value is -2.18. The molecule has 1 aliphatic rings. The summed E-state index contributed by atoms with van der Waals surface area (Å²) < 4.78 is 23.0. The van der Waals surface area contributed by atoms with Crippen LogP contribution in [0, 0.1) is 0 Å². The predicted molar refractivity (Wildman–Crippen MR) is 95.6 cm³/mol. The number of hydrogen-bond donors (Lipinski definition) is 1. The van der Waals surface area contributed by atoms with Crippen molar-refractivity contribution in [2.24, 2.45) is 0 Å². The molecule has 0 amide bonds. The first-order valence-electron chi connectivity index (χ1n) is 8.18. The van der Waals surface area contributed by atoms with E-state index in [1.807, 2.05) is 24.3 Å². The summed E-state index contributed by atoms with van der Waals surface area (Å²) >= 11 is 0. The van der Waals surface area contributed by atoms with Crippen LogP contribution in [0.25, 0.3) is 0 Å². The van der Waals surface area contributed by atoms with Gasteiger partial charge < -0.3 is 5.11 Å². The van der Waals surface area contributed by atoms with Crippen LogP contribution >= 0.6 is 0 Å². The molecular formula is C19H21NO4S. The van der Waals surface area contributed by atoms with Gasteiger partial charge in [-0.05, 0) is 48.2 Å². The van der Waals surface area contributed by atoms with Crippen molar-refractivity contribution in [3.8, 4) is 0 Å². The smallest absolute Gasteiger partial charge is 0.335 e. The molecule has 1 aliphatic heterocycles. The second-order valence-corrected chi connectivity index (χ2v) is 8.54. The van der Waals surface area contributed by atoms with Gasteiger partial charge in [-0.3, -0.25) is 4.90 Å². The van der Waals surface area contributed by atoms with E-state index in [4.69, 9.17) is 0 Å². The van der Waals surface area contributed by atoms with Crippen LogP contribution in [0.15, 0.2) is 53.4 Å². The van der Waals surface area contributed by atoms with E-state index in [0.717, 1.165) is 37.2 Å². The number of rotatable bonds is 5. The van der Waals surface area contributed by atoms with Gasteiger partial charge in [0.2, 0.25) is 0 Å². The van der Waals surface area contributed by atoms with Gasteiger partial charge in [0.1, 0.15) is 0 Å². The van der Waals surface area contributed by atoms with Crippen molar-refractivity contribution in [2.75, 3.05) is 19.3 Å². The lowest BCUT2D eigenvalue weighted by molar-refractivity contribution is 0.0695. The fourth-order valence-corrected chi connectivity index (χ4v) is 4.01. The summed E-state index contributed by atoms with van der Waals surface area (Å²) in [6.07, 6.45) is 2.12. The maximum absolute atomic E-state index is 11.5. The molecule has 2 aromatic carbocycles. The molecule has 0 spiro atoms. The van der Waals surface area contributed by atoms with E-state index in [2.05, 4.69) is 4.90 Å². The first-order valence-corrected chi connectivity index (χ1v) is 10.1. The van der Waals surface area contributed by atoms with Crippen molar-refractivity contribution in [1.29, 1.82) is 0 Å². The normalized spacial score (nSPS) is 18.4. The van der Waals surface area contributed by atoms with Crippen LogP contribution in [0.4, 0.5) is 0 Å². The van der Waals surface area contributed by atoms with E-state index in [0.29, 0.717) is 10.5 Å². The van der Waals surface area contributed by atoms with Crippen LogP contribution < -0.4 is 0 Å². The van der Waals surface area contributed by atoms with Crippen molar-refractivity contribution in [1.82, 2.24) is 4.90 Å². The van der Waals surface area contributed by atoms with Crippen molar-refractivity contribution in [3.05, 3.63) is 65.2 Å². The zero-order valence-electron chi connectivity index (χ0n) is 14.1. The second-order valence-electron chi connectivity index (χ2n) is 6.53. The number of carboxylic acid groups (broad SMARTS) is 1. The van der Waals surface area contributed by atoms with E-state index in [-0.39, 0.29) is 5.92 Å². The molecule has 1 saturated heterocycles. The van der Waals surface area contributed by atoms with Crippen LogP contribution in [-0.2, 0) is 16.4 Å². The fraction of sp³-hybridized carbons (Fsp3) is 0.316. The van der Waals surface area contributed by atoms with Gasteiger partial charge in [0.25, 0.3) is 0 Å². The number of carboxylic acids is 1. The third-order valence-corrected chi connectivity index (χ3v) is 5.79. The highest BCUT2D eigenvalue weighted by Crippen LogP contribution is 2.30. The highest BCUT2D eigenvalue weighted by atomic mass is 32.2. The highest BCUT2D eigenvalue weighted by molar-refractivity contribution is 7.90. The average Bonchev–Trinajstić information content (AvgIpc) is 3.03. The summed E-state index contributed by atoms with van der Waals surface area (Å²) in [6, 6.07) is 14.2. The summed E-state index contributed by atoms with van der Waals surface area (Å²) in [5.41, 5.74) is 2.33. The van der Waals surface area contributed by atoms with Gasteiger partial charge in [-0.15, -0.1) is 0 Å². The fourth-order valence-electron chi connectivity index (χ4n) is 3.38. The zero-order chi connectivity index (χ0) is 18.0. The Bertz CT molecular complexity index is 875. The second kappa shape index (κ2) is 6.98. The Morgan fingerprint density at radius 3 is 2.48 bits per heavy atom. The summed E-state index contributed by atoms with van der Waals surface area (Å²) in [5.74, 6) is -0.673. The lowest BCUT2D eigenvalue weighted by Gasteiger charge is -2.17. The number of benzene rings is 2. The molecule has 132 valence electrons. The minimum Gasteiger partial charge on any atom is -0.478 e. The van der Waals surface area contributed by atoms with E-state index < -0.39 is 15.8 Å². The Labute approximate surface area is 147 Å². The Kier molecular flexibility index (Phi) is 4.92. The van der Waals surface area contributed by atoms with Crippen LogP contribution in [-0.4, -0.2) is 43.7 Å². The standard InChI is InChI=1S/C19H21NO4S/c1-25(23,24)16-8-6-14(7-9-16)12-20-11-10-15(13-20)17-4-2-3-5-18(17)19(21)22/h2-9,15H,10-13H2,1H3,(H,21,22)/t15-/m0/s1. The first-order chi connectivity index (χ1) is 11.8. The molecule has 0 saturated carbocycles. The topological polar surface area (TPSA) is 74.7 Å². The first kappa shape index (κ1) is 17.6. The minimum atomic E-state index is -3.17. The number of aromatic carboxylic acids is 1. The molecule has 1 heterocycles. The third kappa shape index (κ3) is 4.08. The van der Waals surface area contributed by atoms with Crippen molar-refractivity contribution >= 4 is 15.8 Å². The van der Waals surface area contributed by atoms with Gasteiger partial charge in [-0.1, -0.05) is 30.3 Å². The number of carbonyl (C=O) groups is 1. The summed E-state index contributed by atoms with van der Waals surface area (Å²) in [5, 5.41) is 9.36. The number of sulfone groups is 1. The zero-order valence-corrected chi connectivity index (χ0v) is 14.9. The summed E-state index contributed by atoms with van der Waals surface area (Å²) in [4.78, 5) is 14.0. The molecule has 2 aromatic rings. The van der Waals surface area contributed by atoms with E-state index in [1.54, 1.807) is 24.3 Å². The van der Waals surface area contributed by atoms with Gasteiger partial charge in [0.05, 0.1) is 10.5 Å². The largest absolute Gasteiger partial charge is 0.478 e. The van der Waals surface area contributed by atoms with Crippen molar-refractivity contribution < 1.29 is 18.3 Å². The molecule has 1 fully saturated rings. The molecule has 1 N–H and O–H groups in total. The third-order valence-electron chi connectivity index (χ3n) is 4.66. The van der Waals surface area contributed by atoms with Crippen molar-refractivity contribution in [2.45, 2.75) is 23.8 Å². The SMILES string of the molecule is CS(=O)(=O)c1ccc(CN2CC[C@H](c3ccccc3C(=O)O)C2)cc1. The summed E-state index contributed by atoms with van der Waals surface area (Å²) in [7, 11) is -3.17. The Morgan fingerprint density at radius 1 is 1.16 bits per heavy atom. The maximum Gasteiger partial charge on any atom is 0.335 e. The van der Waals surface area contributed by atoms with E-state index >= 15 is 0 Å². The van der Waals surface area contributed by atoms with Crippen LogP contribution in [0.5, 0.6) is 0 Å². The van der Waals surface area contributed by atoms with Gasteiger partial charge in [-0.25, -0.2) is 13.2 Å². The van der Waals surface area contributed by atoms with Crippen LogP contribution in [0.2, 0.25) is 0 Å². The van der Waals surface area contributed by atoms with Gasteiger partial charge >= 0.3 is 5.97 Å². The molecule has 3 rings (SSSR count). The number of hydrogen-bond acceptors (Lipinski definition) is 4. The molecule has 5 nitrogen and oxygen atoms in total. The maximum atomic E-state index is 11.5.